The van der Waals surface area contributed by atoms with Crippen LogP contribution >= 0.6 is 0 Å². The molecule has 0 spiro atoms. The number of ether oxygens (including phenoxy) is 2. The molecule has 0 radical (unpaired) electrons. The van der Waals surface area contributed by atoms with Gasteiger partial charge in [-0.15, -0.1) is 0 Å². The molecule has 0 fully saturated rings. The number of unbranched alkanes of at least 4 members (excludes halogenated alkanes) is 4. The monoisotopic (exact) mass is 597 g/mol. The number of methoxy groups -OCH3 is 1. The first-order valence-corrected chi connectivity index (χ1v) is 14.8. The van der Waals surface area contributed by atoms with Crippen LogP contribution in [-0.2, 0) is 30.3 Å². The maximum Gasteiger partial charge on any atom is 0.408 e. The third kappa shape index (κ3) is 12.0. The lowest BCUT2D eigenvalue weighted by molar-refractivity contribution is -0.144. The first-order valence-electron chi connectivity index (χ1n) is 14.8. The number of hydrogen-bond acceptors (Lipinski definition) is 7. The predicted molar refractivity (Wildman–Crippen MR) is 164 cm³/mol. The number of phenolic OH excluding ortho intramolecular Hbond substituents is 1. The maximum atomic E-state index is 14.5. The van der Waals surface area contributed by atoms with Gasteiger partial charge in [0, 0.05) is 13.0 Å². The lowest BCUT2D eigenvalue weighted by Gasteiger charge is -2.35. The summed E-state index contributed by atoms with van der Waals surface area (Å²) in [5, 5.41) is 15.1. The van der Waals surface area contributed by atoms with E-state index >= 15 is 0 Å². The molecule has 0 aliphatic carbocycles. The van der Waals surface area contributed by atoms with Crippen molar-refractivity contribution >= 4 is 23.9 Å². The predicted octanol–water partition coefficient (Wildman–Crippen LogP) is 4.97. The van der Waals surface area contributed by atoms with Crippen molar-refractivity contribution in [2.24, 2.45) is 0 Å². The van der Waals surface area contributed by atoms with Gasteiger partial charge in [-0.1, -0.05) is 69.0 Å². The van der Waals surface area contributed by atoms with Crippen molar-refractivity contribution in [2.75, 3.05) is 20.2 Å². The number of esters is 1. The molecule has 0 aliphatic rings. The second-order valence-corrected chi connectivity index (χ2v) is 11.6. The summed E-state index contributed by atoms with van der Waals surface area (Å²) in [7, 11) is 1.23. The largest absolute Gasteiger partial charge is 0.508 e. The number of hydrogen-bond donors (Lipinski definition) is 3. The van der Waals surface area contributed by atoms with Crippen molar-refractivity contribution in [3.05, 3.63) is 65.2 Å². The van der Waals surface area contributed by atoms with Gasteiger partial charge in [0.2, 0.25) is 11.8 Å². The third-order valence-electron chi connectivity index (χ3n) is 6.83. The van der Waals surface area contributed by atoms with E-state index in [0.29, 0.717) is 17.5 Å². The second kappa shape index (κ2) is 17.1. The van der Waals surface area contributed by atoms with Gasteiger partial charge in [-0.25, -0.2) is 4.79 Å². The van der Waals surface area contributed by atoms with E-state index in [9.17, 15) is 24.3 Å². The Morgan fingerprint density at radius 3 is 2.21 bits per heavy atom. The number of amides is 3. The fraction of sp³-hybridized carbons (Fsp3) is 0.515. The van der Waals surface area contributed by atoms with Crippen LogP contribution < -0.4 is 10.6 Å². The lowest BCUT2D eigenvalue weighted by atomic mass is 9.96. The van der Waals surface area contributed by atoms with Gasteiger partial charge in [0.25, 0.3) is 0 Å². The molecule has 2 rings (SSSR count). The Balaban J connectivity index is 2.56. The van der Waals surface area contributed by atoms with Crippen molar-refractivity contribution < 1.29 is 33.8 Å². The van der Waals surface area contributed by atoms with Crippen molar-refractivity contribution in [3.8, 4) is 5.75 Å². The standard InChI is InChI=1S/C33H47N3O7/c1-7-8-9-10-13-20-36(29(26-15-12-11-14-23(26)2)30(39)34-22-28(38)42-6)31(40)27(35-32(41)43-33(3,4)5)21-24-16-18-25(37)19-17-24/h11-12,14-19,27,29,37H,7-10,13,20-22H2,1-6H3,(H,34,39)(H,35,41). The van der Waals surface area contributed by atoms with Gasteiger partial charge in [-0.2, -0.15) is 0 Å². The molecule has 0 saturated heterocycles. The number of benzene rings is 2. The highest BCUT2D eigenvalue weighted by Crippen LogP contribution is 2.27. The van der Waals surface area contributed by atoms with Gasteiger partial charge in [0.05, 0.1) is 7.11 Å². The Hall–Kier alpha value is -4.08. The number of carbonyl (C=O) groups excluding carboxylic acids is 4. The molecule has 236 valence electrons. The van der Waals surface area contributed by atoms with E-state index in [-0.39, 0.29) is 25.3 Å². The van der Waals surface area contributed by atoms with Gasteiger partial charge in [0.1, 0.15) is 30.0 Å². The zero-order valence-electron chi connectivity index (χ0n) is 26.3. The molecule has 0 bridgehead atoms. The molecule has 2 aromatic carbocycles. The van der Waals surface area contributed by atoms with Crippen LogP contribution in [-0.4, -0.2) is 65.7 Å². The molecule has 0 heterocycles. The Morgan fingerprint density at radius 1 is 0.953 bits per heavy atom. The first kappa shape index (κ1) is 35.1. The Morgan fingerprint density at radius 2 is 1.60 bits per heavy atom. The number of alkyl carbamates (subject to hydrolysis) is 1. The molecule has 0 aromatic heterocycles. The minimum absolute atomic E-state index is 0.0716. The molecular formula is C33H47N3O7. The van der Waals surface area contributed by atoms with Crippen LogP contribution in [0.5, 0.6) is 5.75 Å². The van der Waals surface area contributed by atoms with Crippen molar-refractivity contribution in [1.82, 2.24) is 15.5 Å². The van der Waals surface area contributed by atoms with Crippen LogP contribution in [0.3, 0.4) is 0 Å². The molecular weight excluding hydrogens is 550 g/mol. The molecule has 0 aliphatic heterocycles. The fourth-order valence-corrected chi connectivity index (χ4v) is 4.64. The van der Waals surface area contributed by atoms with Crippen LogP contribution in [0.1, 0.15) is 82.5 Å². The maximum absolute atomic E-state index is 14.5. The van der Waals surface area contributed by atoms with Gasteiger partial charge >= 0.3 is 12.1 Å². The van der Waals surface area contributed by atoms with Crippen molar-refractivity contribution in [1.29, 1.82) is 0 Å². The van der Waals surface area contributed by atoms with Crippen molar-refractivity contribution in [2.45, 2.75) is 90.8 Å². The average Bonchev–Trinajstić information content (AvgIpc) is 2.95. The van der Waals surface area contributed by atoms with E-state index in [0.717, 1.165) is 31.2 Å². The zero-order valence-corrected chi connectivity index (χ0v) is 26.3. The molecule has 10 nitrogen and oxygen atoms in total. The van der Waals surface area contributed by atoms with E-state index in [4.69, 9.17) is 9.47 Å². The summed E-state index contributed by atoms with van der Waals surface area (Å²) in [6, 6.07) is 11.5. The Bertz CT molecular complexity index is 1210. The summed E-state index contributed by atoms with van der Waals surface area (Å²) in [6.45, 7) is 9.04. The molecule has 3 N–H and O–H groups in total. The smallest absolute Gasteiger partial charge is 0.408 e. The topological polar surface area (TPSA) is 134 Å². The number of phenols is 1. The van der Waals surface area contributed by atoms with Gasteiger partial charge in [-0.3, -0.25) is 14.4 Å². The molecule has 2 aromatic rings. The minimum atomic E-state index is -1.09. The highest BCUT2D eigenvalue weighted by atomic mass is 16.6. The van der Waals surface area contributed by atoms with Crippen LogP contribution in [0.15, 0.2) is 48.5 Å². The summed E-state index contributed by atoms with van der Waals surface area (Å²) < 4.78 is 10.2. The number of rotatable bonds is 15. The van der Waals surface area contributed by atoms with E-state index in [1.165, 1.54) is 24.1 Å². The van der Waals surface area contributed by atoms with Crippen molar-refractivity contribution in [3.63, 3.8) is 0 Å². The zero-order chi connectivity index (χ0) is 32.0. The van der Waals surface area contributed by atoms with E-state index in [1.807, 2.05) is 19.1 Å². The molecule has 2 atom stereocenters. The Labute approximate surface area is 255 Å². The number of carbonyl (C=O) groups is 4. The minimum Gasteiger partial charge on any atom is -0.508 e. The summed E-state index contributed by atoms with van der Waals surface area (Å²) in [5.41, 5.74) is 1.29. The summed E-state index contributed by atoms with van der Waals surface area (Å²) >= 11 is 0. The van der Waals surface area contributed by atoms with Gasteiger partial charge < -0.3 is 30.1 Å². The second-order valence-electron chi connectivity index (χ2n) is 11.6. The highest BCUT2D eigenvalue weighted by Gasteiger charge is 2.37. The van der Waals surface area contributed by atoms with Crippen LogP contribution in [0.2, 0.25) is 0 Å². The van der Waals surface area contributed by atoms with E-state index < -0.39 is 41.6 Å². The van der Waals surface area contributed by atoms with Crippen LogP contribution in [0, 0.1) is 6.92 Å². The number of nitrogens with one attached hydrogen (secondary N) is 2. The van der Waals surface area contributed by atoms with Crippen LogP contribution in [0.25, 0.3) is 0 Å². The first-order chi connectivity index (χ1) is 20.4. The molecule has 3 amide bonds. The number of aryl methyl sites for hydroxylation is 1. The quantitative estimate of drug-likeness (QED) is 0.195. The molecule has 0 saturated carbocycles. The molecule has 2 unspecified atom stereocenters. The summed E-state index contributed by atoms with van der Waals surface area (Å²) in [4.78, 5) is 54.6. The summed E-state index contributed by atoms with van der Waals surface area (Å²) in [6.07, 6.45) is 3.90. The molecule has 10 heteroatoms. The Kier molecular flexibility index (Phi) is 14.0. The lowest BCUT2D eigenvalue weighted by Crippen LogP contribution is -2.54. The highest BCUT2D eigenvalue weighted by molar-refractivity contribution is 5.93. The summed E-state index contributed by atoms with van der Waals surface area (Å²) in [5.74, 6) is -1.56. The SMILES string of the molecule is CCCCCCCN(C(=O)C(Cc1ccc(O)cc1)NC(=O)OC(C)(C)C)C(C(=O)NCC(=O)OC)c1ccccc1C. The molecule has 43 heavy (non-hydrogen) atoms. The normalized spacial score (nSPS) is 12.5. The van der Waals surface area contributed by atoms with E-state index in [1.54, 1.807) is 45.0 Å². The van der Waals surface area contributed by atoms with Gasteiger partial charge in [-0.05, 0) is 62.9 Å². The average molecular weight is 598 g/mol. The van der Waals surface area contributed by atoms with E-state index in [2.05, 4.69) is 17.6 Å². The number of aromatic hydroxyl groups is 1. The fourth-order valence-electron chi connectivity index (χ4n) is 4.64. The number of nitrogens with zero attached hydrogens (tertiary/aromatic N) is 1. The van der Waals surface area contributed by atoms with Crippen LogP contribution in [0.4, 0.5) is 4.79 Å². The third-order valence-corrected chi connectivity index (χ3v) is 6.83. The van der Waals surface area contributed by atoms with Gasteiger partial charge in [0.15, 0.2) is 0 Å².